The Labute approximate surface area is 54.9 Å². The standard InChI is InChI=1S/C6H9NS/c8-6-4-2-1-3-5-7-6/h4-5,8H,1-3H2. The Balaban J connectivity index is 2.55. The van der Waals surface area contributed by atoms with E-state index in [0.29, 0.717) is 0 Å². The van der Waals surface area contributed by atoms with Crippen molar-refractivity contribution in [2.24, 2.45) is 4.99 Å². The van der Waals surface area contributed by atoms with Crippen LogP contribution in [0.3, 0.4) is 0 Å². The zero-order valence-corrected chi connectivity index (χ0v) is 5.56. The quantitative estimate of drug-likeness (QED) is 0.478. The highest BCUT2D eigenvalue weighted by Gasteiger charge is 1.89. The van der Waals surface area contributed by atoms with Crippen LogP contribution in [-0.2, 0) is 0 Å². The number of allylic oxidation sites excluding steroid dienone is 1. The normalized spacial score (nSPS) is 19.9. The minimum absolute atomic E-state index is 0.863. The molecule has 1 heterocycles. The number of rotatable bonds is 0. The molecule has 1 aliphatic rings. The number of thiol groups is 1. The van der Waals surface area contributed by atoms with Gasteiger partial charge in [-0.1, -0.05) is 6.08 Å². The highest BCUT2D eigenvalue weighted by molar-refractivity contribution is 7.84. The van der Waals surface area contributed by atoms with Gasteiger partial charge in [0.1, 0.15) is 0 Å². The van der Waals surface area contributed by atoms with Crippen LogP contribution in [0.4, 0.5) is 0 Å². The summed E-state index contributed by atoms with van der Waals surface area (Å²) in [5.74, 6) is 0. The minimum Gasteiger partial charge on any atom is -0.255 e. The smallest absolute Gasteiger partial charge is 0.0885 e. The molecule has 0 aromatic heterocycles. The maximum atomic E-state index is 4.09. The second kappa shape index (κ2) is 2.92. The Bertz CT molecular complexity index is 126. The molecule has 8 heavy (non-hydrogen) atoms. The first-order valence-electron chi connectivity index (χ1n) is 2.81. The molecule has 2 heteroatoms. The topological polar surface area (TPSA) is 12.4 Å². The summed E-state index contributed by atoms with van der Waals surface area (Å²) in [7, 11) is 0. The largest absolute Gasteiger partial charge is 0.255 e. The molecule has 0 aromatic rings. The molecule has 0 aromatic carbocycles. The van der Waals surface area contributed by atoms with Crippen LogP contribution in [0.15, 0.2) is 16.1 Å². The van der Waals surface area contributed by atoms with Gasteiger partial charge in [-0.05, 0) is 19.3 Å². The monoisotopic (exact) mass is 127 g/mol. The van der Waals surface area contributed by atoms with Crippen molar-refractivity contribution in [1.82, 2.24) is 0 Å². The van der Waals surface area contributed by atoms with Crippen LogP contribution in [0.2, 0.25) is 0 Å². The van der Waals surface area contributed by atoms with Gasteiger partial charge in [-0.25, -0.2) is 0 Å². The zero-order chi connectivity index (χ0) is 5.82. The average Bonchev–Trinajstić information content (AvgIpc) is 1.94. The molecule has 0 atom stereocenters. The maximum Gasteiger partial charge on any atom is 0.0885 e. The van der Waals surface area contributed by atoms with E-state index in [-0.39, 0.29) is 0 Å². The molecule has 0 spiro atoms. The van der Waals surface area contributed by atoms with Crippen molar-refractivity contribution in [3.63, 3.8) is 0 Å². The molecule has 0 amide bonds. The Morgan fingerprint density at radius 3 is 3.25 bits per heavy atom. The molecule has 44 valence electrons. The summed E-state index contributed by atoms with van der Waals surface area (Å²) in [6, 6.07) is 0. The Morgan fingerprint density at radius 2 is 2.38 bits per heavy atom. The van der Waals surface area contributed by atoms with Crippen LogP contribution >= 0.6 is 12.6 Å². The molecule has 0 unspecified atom stereocenters. The van der Waals surface area contributed by atoms with Crippen molar-refractivity contribution in [2.75, 3.05) is 0 Å². The average molecular weight is 127 g/mol. The van der Waals surface area contributed by atoms with E-state index in [1.807, 2.05) is 12.3 Å². The van der Waals surface area contributed by atoms with Crippen LogP contribution in [0, 0.1) is 0 Å². The van der Waals surface area contributed by atoms with E-state index in [1.54, 1.807) is 0 Å². The van der Waals surface area contributed by atoms with E-state index < -0.39 is 0 Å². The van der Waals surface area contributed by atoms with Gasteiger partial charge in [0, 0.05) is 6.21 Å². The molecule has 1 rings (SSSR count). The van der Waals surface area contributed by atoms with Gasteiger partial charge >= 0.3 is 0 Å². The van der Waals surface area contributed by atoms with E-state index in [4.69, 9.17) is 0 Å². The lowest BCUT2D eigenvalue weighted by Crippen LogP contribution is -1.69. The number of aliphatic imine (C=N–C) groups is 1. The van der Waals surface area contributed by atoms with Gasteiger partial charge in [-0.2, -0.15) is 0 Å². The number of hydrogen-bond acceptors (Lipinski definition) is 2. The van der Waals surface area contributed by atoms with E-state index in [0.717, 1.165) is 17.9 Å². The second-order valence-corrected chi connectivity index (χ2v) is 2.26. The second-order valence-electron chi connectivity index (χ2n) is 1.80. The predicted octanol–water partition coefficient (Wildman–Crippen LogP) is 2.01. The van der Waals surface area contributed by atoms with Gasteiger partial charge in [0.25, 0.3) is 0 Å². The van der Waals surface area contributed by atoms with E-state index in [9.17, 15) is 0 Å². The third-order valence-corrected chi connectivity index (χ3v) is 1.39. The van der Waals surface area contributed by atoms with Crippen molar-refractivity contribution >= 4 is 18.8 Å². The molecule has 0 saturated carbocycles. The van der Waals surface area contributed by atoms with Gasteiger partial charge in [0.2, 0.25) is 0 Å². The van der Waals surface area contributed by atoms with Crippen LogP contribution in [0.25, 0.3) is 0 Å². The summed E-state index contributed by atoms with van der Waals surface area (Å²) in [6.07, 6.45) is 7.41. The molecule has 0 saturated heterocycles. The third-order valence-electron chi connectivity index (χ3n) is 1.09. The van der Waals surface area contributed by atoms with Gasteiger partial charge in [-0.3, -0.25) is 4.99 Å². The number of nitrogens with zero attached hydrogens (tertiary/aromatic N) is 1. The molecule has 0 bridgehead atoms. The van der Waals surface area contributed by atoms with E-state index in [1.165, 1.54) is 6.42 Å². The Hall–Kier alpha value is -0.240. The summed E-state index contributed by atoms with van der Waals surface area (Å²) < 4.78 is 0. The fraction of sp³-hybridized carbons (Fsp3) is 0.500. The van der Waals surface area contributed by atoms with Crippen molar-refractivity contribution < 1.29 is 0 Å². The zero-order valence-electron chi connectivity index (χ0n) is 4.67. The molecule has 0 fully saturated rings. The Kier molecular flexibility index (Phi) is 2.15. The highest BCUT2D eigenvalue weighted by atomic mass is 32.1. The SMILES string of the molecule is SC1=CCCCC=N1. The summed E-state index contributed by atoms with van der Waals surface area (Å²) in [4.78, 5) is 4.02. The van der Waals surface area contributed by atoms with Crippen molar-refractivity contribution in [2.45, 2.75) is 19.3 Å². The third kappa shape index (κ3) is 1.70. The Morgan fingerprint density at radius 1 is 1.50 bits per heavy atom. The van der Waals surface area contributed by atoms with Crippen molar-refractivity contribution in [3.05, 3.63) is 11.1 Å². The molecule has 0 aliphatic carbocycles. The van der Waals surface area contributed by atoms with Crippen LogP contribution in [0.5, 0.6) is 0 Å². The van der Waals surface area contributed by atoms with Gasteiger partial charge < -0.3 is 0 Å². The lowest BCUT2D eigenvalue weighted by molar-refractivity contribution is 0.911. The maximum absolute atomic E-state index is 4.09. The first-order valence-corrected chi connectivity index (χ1v) is 3.26. The number of hydrogen-bond donors (Lipinski definition) is 1. The van der Waals surface area contributed by atoms with E-state index in [2.05, 4.69) is 17.6 Å². The first-order chi connectivity index (χ1) is 3.89. The van der Waals surface area contributed by atoms with Crippen LogP contribution < -0.4 is 0 Å². The minimum atomic E-state index is 0.863. The van der Waals surface area contributed by atoms with Gasteiger partial charge in [-0.15, -0.1) is 12.6 Å². The molecular formula is C6H9NS. The van der Waals surface area contributed by atoms with Crippen molar-refractivity contribution in [1.29, 1.82) is 0 Å². The van der Waals surface area contributed by atoms with Gasteiger partial charge in [0.05, 0.1) is 5.03 Å². The molecule has 0 N–H and O–H groups in total. The predicted molar refractivity (Wildman–Crippen MR) is 39.4 cm³/mol. The van der Waals surface area contributed by atoms with Crippen LogP contribution in [-0.4, -0.2) is 6.21 Å². The van der Waals surface area contributed by atoms with Crippen molar-refractivity contribution in [3.8, 4) is 0 Å². The van der Waals surface area contributed by atoms with Gasteiger partial charge in [0.15, 0.2) is 0 Å². The fourth-order valence-corrected chi connectivity index (χ4v) is 0.862. The summed E-state index contributed by atoms with van der Waals surface area (Å²) in [5.41, 5.74) is 0. The summed E-state index contributed by atoms with van der Waals surface area (Å²) in [6.45, 7) is 0. The fourth-order valence-electron chi connectivity index (χ4n) is 0.651. The summed E-state index contributed by atoms with van der Waals surface area (Å²) >= 11 is 4.09. The molecule has 1 nitrogen and oxygen atoms in total. The summed E-state index contributed by atoms with van der Waals surface area (Å²) in [5, 5.41) is 0.863. The van der Waals surface area contributed by atoms with E-state index >= 15 is 0 Å². The lowest BCUT2D eigenvalue weighted by atomic mass is 10.2. The molecular weight excluding hydrogens is 118 g/mol. The van der Waals surface area contributed by atoms with Crippen LogP contribution in [0.1, 0.15) is 19.3 Å². The lowest BCUT2D eigenvalue weighted by Gasteiger charge is -1.82. The highest BCUT2D eigenvalue weighted by Crippen LogP contribution is 2.09. The molecule has 0 radical (unpaired) electrons. The molecule has 1 aliphatic heterocycles. The first kappa shape index (κ1) is 5.89.